The van der Waals surface area contributed by atoms with E-state index < -0.39 is 0 Å². The fourth-order valence-corrected chi connectivity index (χ4v) is 3.07. The van der Waals surface area contributed by atoms with Crippen LogP contribution < -0.4 is 5.32 Å². The number of nitrogens with one attached hydrogen (secondary N) is 1. The van der Waals surface area contributed by atoms with E-state index >= 15 is 0 Å². The number of alkyl halides is 1. The average molecular weight is 300 g/mol. The van der Waals surface area contributed by atoms with Crippen LogP contribution in [0.2, 0.25) is 5.02 Å². The molecule has 0 aliphatic heterocycles. The van der Waals surface area contributed by atoms with E-state index in [1.165, 1.54) is 0 Å². The maximum Gasteiger partial charge on any atom is 0.251 e. The third-order valence-electron chi connectivity index (χ3n) is 3.70. The first-order valence-electron chi connectivity index (χ1n) is 6.74. The molecule has 2 atom stereocenters. The summed E-state index contributed by atoms with van der Waals surface area (Å²) in [6.07, 6.45) is 4.40. The Hall–Kier alpha value is -0.730. The molecule has 1 aliphatic rings. The minimum absolute atomic E-state index is 0.0569. The molecule has 1 amide bonds. The zero-order valence-electron chi connectivity index (χ0n) is 11.1. The van der Waals surface area contributed by atoms with Crippen molar-refractivity contribution in [2.45, 2.75) is 38.0 Å². The van der Waals surface area contributed by atoms with E-state index in [1.54, 1.807) is 6.07 Å². The van der Waals surface area contributed by atoms with Crippen LogP contribution in [0.15, 0.2) is 18.2 Å². The number of carbonyl (C=O) groups is 1. The van der Waals surface area contributed by atoms with E-state index in [0.29, 0.717) is 23.0 Å². The minimum atomic E-state index is -0.0569. The summed E-state index contributed by atoms with van der Waals surface area (Å²) in [5.74, 6) is 0.444. The topological polar surface area (TPSA) is 29.1 Å². The molecule has 0 radical (unpaired) electrons. The number of aryl methyl sites for hydroxylation is 1. The van der Waals surface area contributed by atoms with Gasteiger partial charge in [0.25, 0.3) is 5.91 Å². The predicted molar refractivity (Wildman–Crippen MR) is 80.1 cm³/mol. The summed E-state index contributed by atoms with van der Waals surface area (Å²) in [5.41, 5.74) is 1.60. The molecule has 2 rings (SSSR count). The molecular weight excluding hydrogens is 281 g/mol. The lowest BCUT2D eigenvalue weighted by atomic mass is 9.89. The number of carbonyl (C=O) groups excluding carboxylic acids is 1. The highest BCUT2D eigenvalue weighted by Crippen LogP contribution is 2.27. The summed E-state index contributed by atoms with van der Waals surface area (Å²) in [5, 5.41) is 3.88. The van der Waals surface area contributed by atoms with Crippen molar-refractivity contribution in [1.29, 1.82) is 0 Å². The Labute approximate surface area is 124 Å². The van der Waals surface area contributed by atoms with Crippen molar-refractivity contribution in [3.05, 3.63) is 34.3 Å². The van der Waals surface area contributed by atoms with E-state index in [2.05, 4.69) is 5.32 Å². The second kappa shape index (κ2) is 6.62. The molecule has 1 saturated carbocycles. The van der Waals surface area contributed by atoms with Gasteiger partial charge in [0.05, 0.1) is 0 Å². The third-order valence-corrected chi connectivity index (χ3v) is 4.51. The lowest BCUT2D eigenvalue weighted by molar-refractivity contribution is 0.0943. The van der Waals surface area contributed by atoms with Gasteiger partial charge in [-0.1, -0.05) is 24.1 Å². The minimum Gasteiger partial charge on any atom is -0.352 e. The van der Waals surface area contributed by atoms with Gasteiger partial charge in [0.15, 0.2) is 0 Å². The van der Waals surface area contributed by atoms with Gasteiger partial charge in [-0.2, -0.15) is 0 Å². The number of amides is 1. The van der Waals surface area contributed by atoms with Crippen LogP contribution in [0, 0.1) is 12.8 Å². The van der Waals surface area contributed by atoms with Gasteiger partial charge in [-0.05, 0) is 49.8 Å². The standard InChI is InChI=1S/C15H19Cl2NO/c1-10-5-6-12(8-14(10)17)15(19)18-9-11-3-2-4-13(16)7-11/h5-6,8,11,13H,2-4,7,9H2,1H3,(H,18,19). The maximum absolute atomic E-state index is 12.0. The molecule has 0 aromatic heterocycles. The molecule has 1 aliphatic carbocycles. The number of halogens is 2. The molecule has 1 fully saturated rings. The average Bonchev–Trinajstić information content (AvgIpc) is 2.39. The summed E-state index contributed by atoms with van der Waals surface area (Å²) in [7, 11) is 0. The van der Waals surface area contributed by atoms with Gasteiger partial charge >= 0.3 is 0 Å². The van der Waals surface area contributed by atoms with Crippen molar-refractivity contribution < 1.29 is 4.79 Å². The molecule has 0 saturated heterocycles. The van der Waals surface area contributed by atoms with Gasteiger partial charge in [0.1, 0.15) is 0 Å². The van der Waals surface area contributed by atoms with Crippen molar-refractivity contribution >= 4 is 29.1 Å². The summed E-state index contributed by atoms with van der Waals surface area (Å²) >= 11 is 12.2. The quantitative estimate of drug-likeness (QED) is 0.834. The van der Waals surface area contributed by atoms with Gasteiger partial charge in [0.2, 0.25) is 0 Å². The van der Waals surface area contributed by atoms with Crippen molar-refractivity contribution in [2.24, 2.45) is 5.92 Å². The fourth-order valence-electron chi connectivity index (χ4n) is 2.48. The first-order valence-corrected chi connectivity index (χ1v) is 7.56. The molecule has 19 heavy (non-hydrogen) atoms. The zero-order chi connectivity index (χ0) is 13.8. The number of hydrogen-bond acceptors (Lipinski definition) is 1. The molecule has 0 bridgehead atoms. The highest BCUT2D eigenvalue weighted by Gasteiger charge is 2.20. The molecule has 4 heteroatoms. The first-order chi connectivity index (χ1) is 9.06. The van der Waals surface area contributed by atoms with E-state index in [9.17, 15) is 4.79 Å². The monoisotopic (exact) mass is 299 g/mol. The molecule has 2 nitrogen and oxygen atoms in total. The van der Waals surface area contributed by atoms with Gasteiger partial charge in [-0.15, -0.1) is 11.6 Å². The number of rotatable bonds is 3. The Morgan fingerprint density at radius 2 is 2.21 bits per heavy atom. The normalized spacial score (nSPS) is 23.1. The van der Waals surface area contributed by atoms with Gasteiger partial charge in [0, 0.05) is 22.5 Å². The molecule has 1 aromatic carbocycles. The smallest absolute Gasteiger partial charge is 0.251 e. The highest BCUT2D eigenvalue weighted by atomic mass is 35.5. The second-order valence-corrected chi connectivity index (χ2v) is 6.33. The molecular formula is C15H19Cl2NO. The predicted octanol–water partition coefficient (Wildman–Crippen LogP) is 4.18. The van der Waals surface area contributed by atoms with Crippen LogP contribution in [0.3, 0.4) is 0 Å². The lowest BCUT2D eigenvalue weighted by Crippen LogP contribution is -2.32. The summed E-state index contributed by atoms with van der Waals surface area (Å²) in [6, 6.07) is 5.39. The Morgan fingerprint density at radius 3 is 2.89 bits per heavy atom. The van der Waals surface area contributed by atoms with Crippen LogP contribution in [0.25, 0.3) is 0 Å². The number of benzene rings is 1. The van der Waals surface area contributed by atoms with E-state index in [0.717, 1.165) is 31.2 Å². The summed E-state index contributed by atoms with van der Waals surface area (Å²) < 4.78 is 0. The zero-order valence-corrected chi connectivity index (χ0v) is 12.6. The first kappa shape index (κ1) is 14.7. The molecule has 0 spiro atoms. The van der Waals surface area contributed by atoms with Crippen LogP contribution >= 0.6 is 23.2 Å². The van der Waals surface area contributed by atoms with Crippen molar-refractivity contribution in [3.63, 3.8) is 0 Å². The van der Waals surface area contributed by atoms with Crippen LogP contribution in [0.1, 0.15) is 41.6 Å². The van der Waals surface area contributed by atoms with Crippen molar-refractivity contribution in [3.8, 4) is 0 Å². The van der Waals surface area contributed by atoms with E-state index in [-0.39, 0.29) is 11.3 Å². The lowest BCUT2D eigenvalue weighted by Gasteiger charge is -2.25. The van der Waals surface area contributed by atoms with Crippen LogP contribution in [-0.4, -0.2) is 17.8 Å². The van der Waals surface area contributed by atoms with E-state index in [1.807, 2.05) is 19.1 Å². The SMILES string of the molecule is Cc1ccc(C(=O)NCC2CCCC(Cl)C2)cc1Cl. The number of hydrogen-bond donors (Lipinski definition) is 1. The van der Waals surface area contributed by atoms with Crippen molar-refractivity contribution in [2.75, 3.05) is 6.54 Å². The van der Waals surface area contributed by atoms with Crippen molar-refractivity contribution in [1.82, 2.24) is 5.32 Å². The Morgan fingerprint density at radius 1 is 1.42 bits per heavy atom. The fraction of sp³-hybridized carbons (Fsp3) is 0.533. The van der Waals surface area contributed by atoms with Gasteiger partial charge in [-0.3, -0.25) is 4.79 Å². The van der Waals surface area contributed by atoms with Gasteiger partial charge in [-0.25, -0.2) is 0 Å². The molecule has 0 heterocycles. The van der Waals surface area contributed by atoms with Crippen LogP contribution in [0.5, 0.6) is 0 Å². The molecule has 2 unspecified atom stereocenters. The van der Waals surface area contributed by atoms with E-state index in [4.69, 9.17) is 23.2 Å². The molecule has 1 N–H and O–H groups in total. The second-order valence-electron chi connectivity index (χ2n) is 5.30. The highest BCUT2D eigenvalue weighted by molar-refractivity contribution is 6.31. The summed E-state index contributed by atoms with van der Waals surface area (Å²) in [4.78, 5) is 12.0. The Kier molecular flexibility index (Phi) is 5.12. The Balaban J connectivity index is 1.88. The van der Waals surface area contributed by atoms with Gasteiger partial charge < -0.3 is 5.32 Å². The summed E-state index contributed by atoms with van der Waals surface area (Å²) in [6.45, 7) is 2.63. The maximum atomic E-state index is 12.0. The van der Waals surface area contributed by atoms with Crippen LogP contribution in [-0.2, 0) is 0 Å². The Bertz CT molecular complexity index is 461. The van der Waals surface area contributed by atoms with Crippen LogP contribution in [0.4, 0.5) is 0 Å². The molecule has 104 valence electrons. The third kappa shape index (κ3) is 4.12. The largest absolute Gasteiger partial charge is 0.352 e. The molecule has 1 aromatic rings.